The Labute approximate surface area is 76.8 Å². The van der Waals surface area contributed by atoms with Gasteiger partial charge in [0, 0.05) is 10.6 Å². The van der Waals surface area contributed by atoms with Crippen LogP contribution in [0.5, 0.6) is 0 Å². The van der Waals surface area contributed by atoms with Crippen LogP contribution in [0.15, 0.2) is 18.6 Å². The lowest BCUT2D eigenvalue weighted by atomic mass is 10.5. The molecule has 0 aromatic carbocycles. The Morgan fingerprint density at radius 3 is 3.18 bits per heavy atom. The van der Waals surface area contributed by atoms with Gasteiger partial charge in [0.25, 0.3) is 5.78 Å². The van der Waals surface area contributed by atoms with Gasteiger partial charge in [-0.1, -0.05) is 22.6 Å². The normalized spacial score (nSPS) is 10.6. The molecule has 11 heavy (non-hydrogen) atoms. The molecule has 2 aromatic heterocycles. The van der Waals surface area contributed by atoms with Gasteiger partial charge in [-0.15, -0.1) is 0 Å². The van der Waals surface area contributed by atoms with Crippen LogP contribution in [0.25, 0.3) is 5.78 Å². The van der Waals surface area contributed by atoms with Gasteiger partial charge in [0.05, 0.1) is 5.69 Å². The van der Waals surface area contributed by atoms with E-state index in [1.54, 1.807) is 10.7 Å². The summed E-state index contributed by atoms with van der Waals surface area (Å²) in [4.78, 5) is 8.00. The Balaban J connectivity index is 2.79. The summed E-state index contributed by atoms with van der Waals surface area (Å²) < 4.78 is 2.66. The average molecular weight is 260 g/mol. The number of hydrogen-bond acceptors (Lipinski definition) is 3. The van der Waals surface area contributed by atoms with Crippen LogP contribution in [0.4, 0.5) is 0 Å². The predicted molar refractivity (Wildman–Crippen MR) is 48.5 cm³/mol. The van der Waals surface area contributed by atoms with Crippen molar-refractivity contribution < 1.29 is 0 Å². The fourth-order valence-corrected chi connectivity index (χ4v) is 1.47. The summed E-state index contributed by atoms with van der Waals surface area (Å²) in [6.07, 6.45) is 3.26. The molecule has 0 saturated carbocycles. The highest BCUT2D eigenvalue weighted by Gasteiger charge is 1.99. The third-order valence-electron chi connectivity index (χ3n) is 1.40. The number of nitrogens with zero attached hydrogens (tertiary/aromatic N) is 4. The highest BCUT2D eigenvalue weighted by Crippen LogP contribution is 2.04. The minimum absolute atomic E-state index is 0.666. The molecule has 0 radical (unpaired) electrons. The number of rotatable bonds is 1. The van der Waals surface area contributed by atoms with Gasteiger partial charge in [-0.25, -0.2) is 9.50 Å². The molecule has 0 amide bonds. The monoisotopic (exact) mass is 260 g/mol. The van der Waals surface area contributed by atoms with E-state index < -0.39 is 0 Å². The topological polar surface area (TPSA) is 43.1 Å². The Bertz CT molecular complexity index is 369. The fraction of sp³-hybridized carbons (Fsp3) is 0.167. The Morgan fingerprint density at radius 1 is 1.45 bits per heavy atom. The molecule has 0 aliphatic heterocycles. The second-order valence-corrected chi connectivity index (χ2v) is 2.80. The lowest BCUT2D eigenvalue weighted by Crippen LogP contribution is -1.96. The molecule has 0 spiro atoms. The predicted octanol–water partition coefficient (Wildman–Crippen LogP) is 1.06. The van der Waals surface area contributed by atoms with E-state index in [4.69, 9.17) is 0 Å². The van der Waals surface area contributed by atoms with Crippen LogP contribution in [0.2, 0.25) is 0 Å². The smallest absolute Gasteiger partial charge is 0.220 e. The van der Waals surface area contributed by atoms with Crippen molar-refractivity contribution in [2.45, 2.75) is 4.43 Å². The number of fused-ring (bicyclic) bond motifs is 1. The van der Waals surface area contributed by atoms with Crippen LogP contribution >= 0.6 is 22.6 Å². The first-order chi connectivity index (χ1) is 5.42. The first-order valence-electron chi connectivity index (χ1n) is 3.11. The number of aromatic nitrogens is 4. The number of hydrogen-bond donors (Lipinski definition) is 0. The molecule has 0 N–H and O–H groups in total. The highest BCUT2D eigenvalue weighted by atomic mass is 127. The van der Waals surface area contributed by atoms with Crippen molar-refractivity contribution in [3.63, 3.8) is 0 Å². The second-order valence-electron chi connectivity index (χ2n) is 2.04. The van der Waals surface area contributed by atoms with E-state index in [9.17, 15) is 0 Å². The van der Waals surface area contributed by atoms with Crippen LogP contribution in [0.3, 0.4) is 0 Å². The standard InChI is InChI=1S/C6H5IN4/c7-3-5-1-2-8-6-9-4-10-11(5)6/h1-2,4H,3H2. The van der Waals surface area contributed by atoms with Crippen molar-refractivity contribution in [3.8, 4) is 0 Å². The zero-order valence-corrected chi connectivity index (χ0v) is 7.76. The average Bonchev–Trinajstić information content (AvgIpc) is 2.50. The van der Waals surface area contributed by atoms with Crippen LogP contribution < -0.4 is 0 Å². The third kappa shape index (κ3) is 1.09. The van der Waals surface area contributed by atoms with Gasteiger partial charge in [-0.2, -0.15) is 10.1 Å². The van der Waals surface area contributed by atoms with Gasteiger partial charge >= 0.3 is 0 Å². The molecule has 0 saturated heterocycles. The Hall–Kier alpha value is -0.720. The largest absolute Gasteiger partial charge is 0.252 e. The van der Waals surface area contributed by atoms with E-state index in [2.05, 4.69) is 37.7 Å². The zero-order chi connectivity index (χ0) is 7.68. The first kappa shape index (κ1) is 6.96. The van der Waals surface area contributed by atoms with E-state index in [1.807, 2.05) is 6.07 Å². The van der Waals surface area contributed by atoms with Crippen molar-refractivity contribution in [2.24, 2.45) is 0 Å². The lowest BCUT2D eigenvalue weighted by molar-refractivity contribution is 0.892. The summed E-state index contributed by atoms with van der Waals surface area (Å²) in [5.74, 6) is 0.666. The van der Waals surface area contributed by atoms with Gasteiger partial charge < -0.3 is 0 Å². The maximum atomic E-state index is 4.04. The summed E-state index contributed by atoms with van der Waals surface area (Å²) in [7, 11) is 0. The fourth-order valence-electron chi connectivity index (χ4n) is 0.888. The Morgan fingerprint density at radius 2 is 2.36 bits per heavy atom. The van der Waals surface area contributed by atoms with Crippen molar-refractivity contribution in [1.29, 1.82) is 0 Å². The summed E-state index contributed by atoms with van der Waals surface area (Å²) in [6, 6.07) is 1.94. The molecular weight excluding hydrogens is 255 g/mol. The van der Waals surface area contributed by atoms with Gasteiger partial charge in [0.2, 0.25) is 0 Å². The van der Waals surface area contributed by atoms with Gasteiger partial charge in [0.15, 0.2) is 0 Å². The van der Waals surface area contributed by atoms with Gasteiger partial charge in [-0.05, 0) is 6.07 Å². The van der Waals surface area contributed by atoms with Gasteiger partial charge in [0.1, 0.15) is 6.33 Å². The summed E-state index contributed by atoms with van der Waals surface area (Å²) in [5.41, 5.74) is 1.12. The van der Waals surface area contributed by atoms with E-state index in [0.717, 1.165) is 10.1 Å². The highest BCUT2D eigenvalue weighted by molar-refractivity contribution is 14.1. The molecule has 4 nitrogen and oxygen atoms in total. The van der Waals surface area contributed by atoms with Crippen LogP contribution in [-0.2, 0) is 4.43 Å². The molecule has 0 aliphatic carbocycles. The molecule has 0 aliphatic rings. The van der Waals surface area contributed by atoms with Crippen LogP contribution in [0.1, 0.15) is 5.69 Å². The van der Waals surface area contributed by atoms with Crippen molar-refractivity contribution >= 4 is 28.4 Å². The zero-order valence-electron chi connectivity index (χ0n) is 5.61. The summed E-state index contributed by atoms with van der Waals surface area (Å²) >= 11 is 2.28. The molecule has 2 heterocycles. The molecule has 0 unspecified atom stereocenters. The maximum absolute atomic E-state index is 4.04. The minimum Gasteiger partial charge on any atom is -0.220 e. The first-order valence-corrected chi connectivity index (χ1v) is 4.64. The lowest BCUT2D eigenvalue weighted by Gasteiger charge is -1.96. The molecule has 0 fully saturated rings. The van der Waals surface area contributed by atoms with Crippen molar-refractivity contribution in [2.75, 3.05) is 0 Å². The molecule has 56 valence electrons. The van der Waals surface area contributed by atoms with Crippen molar-refractivity contribution in [3.05, 3.63) is 24.3 Å². The Kier molecular flexibility index (Phi) is 1.72. The SMILES string of the molecule is ICc1ccnc2ncnn12. The third-order valence-corrected chi connectivity index (χ3v) is 2.18. The molecule has 2 aromatic rings. The summed E-state index contributed by atoms with van der Waals surface area (Å²) in [6.45, 7) is 0. The minimum atomic E-state index is 0.666. The number of alkyl halides is 1. The maximum Gasteiger partial charge on any atom is 0.252 e. The van der Waals surface area contributed by atoms with Gasteiger partial charge in [-0.3, -0.25) is 0 Å². The molecule has 0 atom stereocenters. The number of halogens is 1. The molecular formula is C6H5IN4. The second kappa shape index (κ2) is 2.72. The molecule has 5 heteroatoms. The van der Waals surface area contributed by atoms with E-state index >= 15 is 0 Å². The van der Waals surface area contributed by atoms with Crippen LogP contribution in [0, 0.1) is 0 Å². The molecule has 2 rings (SSSR count). The van der Waals surface area contributed by atoms with Crippen LogP contribution in [-0.4, -0.2) is 19.6 Å². The van der Waals surface area contributed by atoms with Crippen molar-refractivity contribution in [1.82, 2.24) is 19.6 Å². The quantitative estimate of drug-likeness (QED) is 0.568. The van der Waals surface area contributed by atoms with E-state index in [0.29, 0.717) is 5.78 Å². The summed E-state index contributed by atoms with van der Waals surface area (Å²) in [5, 5.41) is 4.03. The van der Waals surface area contributed by atoms with E-state index in [-0.39, 0.29) is 0 Å². The molecule has 0 bridgehead atoms. The van der Waals surface area contributed by atoms with E-state index in [1.165, 1.54) is 6.33 Å².